The first-order valence-electron chi connectivity index (χ1n) is 9.86. The Kier molecular flexibility index (Phi) is 11.8. The Morgan fingerprint density at radius 1 is 0.857 bits per heavy atom. The molecule has 35 heavy (non-hydrogen) atoms. The van der Waals surface area contributed by atoms with Crippen molar-refractivity contribution in [1.82, 2.24) is 0 Å². The van der Waals surface area contributed by atoms with Crippen molar-refractivity contribution in [2.24, 2.45) is 0 Å². The molecule has 1 heterocycles. The molecule has 0 aliphatic heterocycles. The van der Waals surface area contributed by atoms with Gasteiger partial charge in [-0.25, -0.2) is 0 Å². The van der Waals surface area contributed by atoms with Gasteiger partial charge >= 0.3 is 59.1 Å². The molecule has 3 aromatic rings. The zero-order valence-corrected chi connectivity index (χ0v) is 26.3. The molecule has 0 unspecified atom stereocenters. The third kappa shape index (κ3) is 6.60. The van der Waals surface area contributed by atoms with Crippen LogP contribution in [-0.2, 0) is 4.57 Å². The molecule has 9 nitrogen and oxygen atoms in total. The van der Waals surface area contributed by atoms with E-state index in [1.807, 2.05) is 26.0 Å². The Hall–Kier alpha value is -1.13. The Morgan fingerprint density at radius 3 is 1.83 bits per heavy atom. The van der Waals surface area contributed by atoms with E-state index in [4.69, 9.17) is 27.9 Å². The molecule has 12 heteroatoms. The fraction of sp³-hybridized carbons (Fsp3) is 0.304. The smallest absolute Gasteiger partial charge is 0.780 e. The fourth-order valence-electron chi connectivity index (χ4n) is 3.81. The first-order chi connectivity index (χ1) is 15.6. The van der Waals surface area contributed by atoms with Crippen LogP contribution in [0.15, 0.2) is 34.3 Å². The average molecular weight is 522 g/mol. The number of phosphoric ester groups is 1. The van der Waals surface area contributed by atoms with Crippen molar-refractivity contribution < 1.29 is 101 Å². The number of rotatable bonds is 8. The van der Waals surface area contributed by atoms with Gasteiger partial charge in [-0.05, 0) is 56.2 Å². The molecule has 0 bridgehead atoms. The van der Waals surface area contributed by atoms with E-state index in [-0.39, 0.29) is 76.2 Å². The second-order valence-corrected chi connectivity index (χ2v) is 8.41. The standard InChI is InChI=1S/C23H27O9P.2Na/c1-12(2)19(14-10-17(28-5)22(30-7)18(11-14)29-6)20-13(3)31-21-15(20)8-9-16(27-4)23(21)32-33(24,25)26;;/h8-11H,1-7H3,(H2,24,25,26);;/q;2*+1/p-2. The van der Waals surface area contributed by atoms with Gasteiger partial charge in [0.15, 0.2) is 22.8 Å². The van der Waals surface area contributed by atoms with E-state index in [2.05, 4.69) is 0 Å². The van der Waals surface area contributed by atoms with E-state index < -0.39 is 7.82 Å². The Balaban J connectivity index is 0.00000306. The number of fused-ring (bicyclic) bond motifs is 1. The van der Waals surface area contributed by atoms with Gasteiger partial charge in [-0.15, -0.1) is 0 Å². The Bertz CT molecular complexity index is 1250. The molecule has 0 radical (unpaired) electrons. The molecule has 0 amide bonds. The number of furan rings is 1. The van der Waals surface area contributed by atoms with Crippen LogP contribution in [0.25, 0.3) is 16.5 Å². The summed E-state index contributed by atoms with van der Waals surface area (Å²) in [5.74, 6) is 1.64. The van der Waals surface area contributed by atoms with Crippen LogP contribution in [0.5, 0.6) is 28.7 Å². The monoisotopic (exact) mass is 522 g/mol. The van der Waals surface area contributed by atoms with Crippen molar-refractivity contribution in [2.75, 3.05) is 28.4 Å². The van der Waals surface area contributed by atoms with Crippen LogP contribution in [0.1, 0.15) is 30.7 Å². The average Bonchev–Trinajstić information content (AvgIpc) is 3.08. The second kappa shape index (κ2) is 12.9. The number of benzene rings is 2. The van der Waals surface area contributed by atoms with Crippen molar-refractivity contribution in [3.05, 3.63) is 46.7 Å². The minimum absolute atomic E-state index is 0. The van der Waals surface area contributed by atoms with E-state index in [1.165, 1.54) is 34.5 Å². The summed E-state index contributed by atoms with van der Waals surface area (Å²) < 4.78 is 43.6. The van der Waals surface area contributed by atoms with Crippen LogP contribution in [0, 0.1) is 6.92 Å². The summed E-state index contributed by atoms with van der Waals surface area (Å²) in [6.07, 6.45) is 0. The third-order valence-electron chi connectivity index (χ3n) is 5.08. The third-order valence-corrected chi connectivity index (χ3v) is 5.49. The van der Waals surface area contributed by atoms with Crippen LogP contribution in [0.4, 0.5) is 0 Å². The molecule has 0 spiro atoms. The number of ether oxygens (including phenoxy) is 4. The van der Waals surface area contributed by atoms with Crippen molar-refractivity contribution >= 4 is 24.4 Å². The SMILES string of the molecule is COc1cc(C(=C(C)C)c2c(C)oc3c(OP(=O)([O-])[O-])c(OC)ccc23)cc(OC)c1OC.[Na+].[Na+]. The first kappa shape index (κ1) is 31.9. The van der Waals surface area contributed by atoms with Gasteiger partial charge in [-0.1, -0.05) is 5.57 Å². The summed E-state index contributed by atoms with van der Waals surface area (Å²) in [5.41, 5.74) is 3.27. The van der Waals surface area contributed by atoms with Crippen molar-refractivity contribution in [1.29, 1.82) is 0 Å². The van der Waals surface area contributed by atoms with Crippen LogP contribution in [-0.4, -0.2) is 28.4 Å². The summed E-state index contributed by atoms with van der Waals surface area (Å²) in [6.45, 7) is 5.60. The van der Waals surface area contributed by atoms with Gasteiger partial charge in [-0.3, -0.25) is 0 Å². The molecule has 2 aromatic carbocycles. The van der Waals surface area contributed by atoms with Crippen molar-refractivity contribution in [2.45, 2.75) is 20.8 Å². The Labute approximate surface area is 248 Å². The number of methoxy groups -OCH3 is 4. The maximum Gasteiger partial charge on any atom is 1.00 e. The number of allylic oxidation sites excluding steroid dienone is 1. The normalized spacial score (nSPS) is 10.7. The number of hydrogen-bond acceptors (Lipinski definition) is 9. The predicted octanol–water partition coefficient (Wildman–Crippen LogP) is -2.17. The number of aryl methyl sites for hydroxylation is 1. The molecule has 0 saturated heterocycles. The second-order valence-electron chi connectivity index (χ2n) is 7.33. The molecule has 3 rings (SSSR count). The molecule has 0 aliphatic rings. The van der Waals surface area contributed by atoms with Crippen LogP contribution in [0.3, 0.4) is 0 Å². The summed E-state index contributed by atoms with van der Waals surface area (Å²) in [6, 6.07) is 6.86. The molecule has 0 fully saturated rings. The predicted molar refractivity (Wildman–Crippen MR) is 119 cm³/mol. The molecule has 1 aromatic heterocycles. The largest absolute Gasteiger partial charge is 1.00 e. The van der Waals surface area contributed by atoms with E-state index in [9.17, 15) is 14.4 Å². The van der Waals surface area contributed by atoms with E-state index >= 15 is 0 Å². The maximum absolute atomic E-state index is 11.4. The fourth-order valence-corrected chi connectivity index (χ4v) is 4.21. The molecule has 178 valence electrons. The maximum atomic E-state index is 11.4. The van der Waals surface area contributed by atoms with Gasteiger partial charge in [-0.2, -0.15) is 0 Å². The first-order valence-corrected chi connectivity index (χ1v) is 11.3. The van der Waals surface area contributed by atoms with Crippen LogP contribution < -0.4 is 92.4 Å². The Morgan fingerprint density at radius 2 is 1.40 bits per heavy atom. The molecule has 0 saturated carbocycles. The van der Waals surface area contributed by atoms with Crippen LogP contribution >= 0.6 is 7.82 Å². The molecular formula is C23H25Na2O9P. The summed E-state index contributed by atoms with van der Waals surface area (Å²) >= 11 is 0. The van der Waals surface area contributed by atoms with Gasteiger partial charge in [0.25, 0.3) is 0 Å². The van der Waals surface area contributed by atoms with Gasteiger partial charge in [0.1, 0.15) is 13.6 Å². The van der Waals surface area contributed by atoms with E-state index in [0.717, 1.165) is 16.7 Å². The number of phosphoric acid groups is 1. The quantitative estimate of drug-likeness (QED) is 0.240. The van der Waals surface area contributed by atoms with Crippen molar-refractivity contribution in [3.63, 3.8) is 0 Å². The van der Waals surface area contributed by atoms with Crippen LogP contribution in [0.2, 0.25) is 0 Å². The zero-order chi connectivity index (χ0) is 24.5. The van der Waals surface area contributed by atoms with Gasteiger partial charge in [0, 0.05) is 10.9 Å². The summed E-state index contributed by atoms with van der Waals surface area (Å²) in [7, 11) is 0.550. The van der Waals surface area contributed by atoms with Gasteiger partial charge < -0.3 is 42.2 Å². The minimum atomic E-state index is -5.37. The summed E-state index contributed by atoms with van der Waals surface area (Å²) in [5, 5.41) is 0.543. The summed E-state index contributed by atoms with van der Waals surface area (Å²) in [4.78, 5) is 22.7. The molecule has 0 aliphatic carbocycles. The van der Waals surface area contributed by atoms with Gasteiger partial charge in [0.2, 0.25) is 11.5 Å². The minimum Gasteiger partial charge on any atom is -0.780 e. The van der Waals surface area contributed by atoms with Gasteiger partial charge in [0.05, 0.1) is 28.4 Å². The molecular weight excluding hydrogens is 497 g/mol. The topological polar surface area (TPSA) is 122 Å². The molecule has 0 atom stereocenters. The van der Waals surface area contributed by atoms with E-state index in [1.54, 1.807) is 13.0 Å². The number of hydrogen-bond donors (Lipinski definition) is 0. The van der Waals surface area contributed by atoms with Crippen molar-refractivity contribution in [3.8, 4) is 28.7 Å². The molecule has 0 N–H and O–H groups in total. The zero-order valence-electron chi connectivity index (χ0n) is 21.4. The van der Waals surface area contributed by atoms with E-state index in [0.29, 0.717) is 34.0 Å².